The molecule has 0 aliphatic carbocycles. The quantitative estimate of drug-likeness (QED) is 0.730. The van der Waals surface area contributed by atoms with Crippen molar-refractivity contribution in [2.45, 2.75) is 25.9 Å². The molecular formula is C19H21Cl2NO3. The van der Waals surface area contributed by atoms with Crippen LogP contribution in [0.5, 0.6) is 11.5 Å². The first-order valence-corrected chi connectivity index (χ1v) is 8.81. The van der Waals surface area contributed by atoms with E-state index in [2.05, 4.69) is 5.32 Å². The molecule has 1 amide bonds. The molecule has 0 bridgehead atoms. The second-order valence-corrected chi connectivity index (χ2v) is 6.32. The summed E-state index contributed by atoms with van der Waals surface area (Å²) in [6, 6.07) is 12.7. The van der Waals surface area contributed by atoms with Crippen molar-refractivity contribution in [3.63, 3.8) is 0 Å². The Bertz CT molecular complexity index is 704. The smallest absolute Gasteiger partial charge is 0.261 e. The molecule has 0 saturated heterocycles. The van der Waals surface area contributed by atoms with Gasteiger partial charge in [-0.05, 0) is 48.7 Å². The normalized spacial score (nSPS) is 11.7. The van der Waals surface area contributed by atoms with Crippen LogP contribution in [0.3, 0.4) is 0 Å². The summed E-state index contributed by atoms with van der Waals surface area (Å²) in [4.78, 5) is 12.3. The molecule has 0 spiro atoms. The molecule has 1 unspecified atom stereocenters. The van der Waals surface area contributed by atoms with E-state index in [9.17, 15) is 4.79 Å². The second-order valence-electron chi connectivity index (χ2n) is 5.48. The summed E-state index contributed by atoms with van der Waals surface area (Å²) in [6.07, 6.45) is 0.663. The topological polar surface area (TPSA) is 47.6 Å². The van der Waals surface area contributed by atoms with E-state index in [1.807, 2.05) is 31.2 Å². The van der Waals surface area contributed by atoms with Crippen LogP contribution < -0.4 is 14.8 Å². The van der Waals surface area contributed by atoms with Gasteiger partial charge in [0.2, 0.25) is 0 Å². The molecule has 134 valence electrons. The number of carbonyl (C=O) groups is 1. The van der Waals surface area contributed by atoms with Gasteiger partial charge in [-0.3, -0.25) is 4.79 Å². The van der Waals surface area contributed by atoms with Gasteiger partial charge in [-0.2, -0.15) is 0 Å². The highest BCUT2D eigenvalue weighted by molar-refractivity contribution is 6.35. The van der Waals surface area contributed by atoms with E-state index in [-0.39, 0.29) is 5.91 Å². The lowest BCUT2D eigenvalue weighted by Crippen LogP contribution is -2.39. The fourth-order valence-corrected chi connectivity index (χ4v) is 2.74. The van der Waals surface area contributed by atoms with Crippen molar-refractivity contribution in [3.8, 4) is 11.5 Å². The van der Waals surface area contributed by atoms with E-state index >= 15 is 0 Å². The Morgan fingerprint density at radius 2 is 1.88 bits per heavy atom. The summed E-state index contributed by atoms with van der Waals surface area (Å²) >= 11 is 12.0. The summed E-state index contributed by atoms with van der Waals surface area (Å²) in [5.74, 6) is 1.09. The van der Waals surface area contributed by atoms with Crippen molar-refractivity contribution in [1.29, 1.82) is 0 Å². The highest BCUT2D eigenvalue weighted by Gasteiger charge is 2.19. The maximum atomic E-state index is 12.3. The van der Waals surface area contributed by atoms with Gasteiger partial charge in [0.25, 0.3) is 5.91 Å². The Kier molecular flexibility index (Phi) is 7.41. The number of rotatable bonds is 8. The zero-order valence-electron chi connectivity index (χ0n) is 14.2. The number of ether oxygens (including phenoxy) is 2. The second kappa shape index (κ2) is 9.54. The van der Waals surface area contributed by atoms with Gasteiger partial charge in [0.05, 0.1) is 12.1 Å². The third-order valence-electron chi connectivity index (χ3n) is 3.70. The van der Waals surface area contributed by atoms with Crippen molar-refractivity contribution >= 4 is 29.1 Å². The van der Waals surface area contributed by atoms with Gasteiger partial charge in [-0.15, -0.1) is 0 Å². The summed E-state index contributed by atoms with van der Waals surface area (Å²) < 4.78 is 10.9. The minimum absolute atomic E-state index is 0.165. The highest BCUT2D eigenvalue weighted by Crippen LogP contribution is 2.28. The lowest BCUT2D eigenvalue weighted by atomic mass is 10.1. The van der Waals surface area contributed by atoms with Crippen LogP contribution in [0.2, 0.25) is 10.0 Å². The highest BCUT2D eigenvalue weighted by atomic mass is 35.5. The summed E-state index contributed by atoms with van der Waals surface area (Å²) in [7, 11) is 1.63. The number of methoxy groups -OCH3 is 1. The molecule has 1 atom stereocenters. The summed E-state index contributed by atoms with van der Waals surface area (Å²) in [5, 5.41) is 3.81. The Morgan fingerprint density at radius 1 is 1.16 bits per heavy atom. The van der Waals surface area contributed by atoms with Gasteiger partial charge >= 0.3 is 0 Å². The van der Waals surface area contributed by atoms with Gasteiger partial charge < -0.3 is 14.8 Å². The van der Waals surface area contributed by atoms with Crippen LogP contribution in [0.4, 0.5) is 0 Å². The molecule has 4 nitrogen and oxygen atoms in total. The molecule has 2 aromatic rings. The predicted molar refractivity (Wildman–Crippen MR) is 101 cm³/mol. The molecule has 6 heteroatoms. The number of carbonyl (C=O) groups excluding carboxylic acids is 1. The first kappa shape index (κ1) is 19.4. The van der Waals surface area contributed by atoms with Gasteiger partial charge in [-0.25, -0.2) is 0 Å². The first-order chi connectivity index (χ1) is 12.0. The van der Waals surface area contributed by atoms with Crippen LogP contribution in [-0.2, 0) is 11.2 Å². The molecular weight excluding hydrogens is 361 g/mol. The van der Waals surface area contributed by atoms with Gasteiger partial charge in [0.1, 0.15) is 11.5 Å². The Hall–Kier alpha value is -1.91. The van der Waals surface area contributed by atoms with Crippen LogP contribution in [0, 0.1) is 0 Å². The molecule has 2 rings (SSSR count). The van der Waals surface area contributed by atoms with Gasteiger partial charge in [-0.1, -0.05) is 42.3 Å². The van der Waals surface area contributed by atoms with Gasteiger partial charge in [0, 0.05) is 11.6 Å². The maximum absolute atomic E-state index is 12.3. The van der Waals surface area contributed by atoms with Crippen molar-refractivity contribution < 1.29 is 14.3 Å². The monoisotopic (exact) mass is 381 g/mol. The third kappa shape index (κ3) is 5.83. The standard InChI is InChI=1S/C19H21Cl2NO3/c1-3-17(25-18-9-6-14(20)12-16(18)21)19(23)22-11-10-13-4-7-15(24-2)8-5-13/h4-9,12,17H,3,10-11H2,1-2H3,(H,22,23). The predicted octanol–water partition coefficient (Wildman–Crippen LogP) is 4.52. The third-order valence-corrected chi connectivity index (χ3v) is 4.23. The SMILES string of the molecule is CCC(Oc1ccc(Cl)cc1Cl)C(=O)NCCc1ccc(OC)cc1. The number of halogens is 2. The van der Waals surface area contributed by atoms with Crippen LogP contribution in [0.25, 0.3) is 0 Å². The molecule has 1 N–H and O–H groups in total. The molecule has 0 aliphatic heterocycles. The first-order valence-electron chi connectivity index (χ1n) is 8.05. The number of hydrogen-bond acceptors (Lipinski definition) is 3. The van der Waals surface area contributed by atoms with E-state index in [0.29, 0.717) is 28.8 Å². The number of amides is 1. The minimum atomic E-state index is -0.602. The lowest BCUT2D eigenvalue weighted by molar-refractivity contribution is -0.128. The Morgan fingerprint density at radius 3 is 2.48 bits per heavy atom. The van der Waals surface area contributed by atoms with E-state index in [1.54, 1.807) is 25.3 Å². The van der Waals surface area contributed by atoms with Crippen molar-refractivity contribution in [2.24, 2.45) is 0 Å². The molecule has 2 aromatic carbocycles. The van der Waals surface area contributed by atoms with Gasteiger partial charge in [0.15, 0.2) is 6.10 Å². The lowest BCUT2D eigenvalue weighted by Gasteiger charge is -2.18. The summed E-state index contributed by atoms with van der Waals surface area (Å²) in [6.45, 7) is 2.41. The summed E-state index contributed by atoms with van der Waals surface area (Å²) in [5.41, 5.74) is 1.12. The zero-order chi connectivity index (χ0) is 18.2. The number of nitrogens with one attached hydrogen (secondary N) is 1. The van der Waals surface area contributed by atoms with Crippen molar-refractivity contribution in [3.05, 3.63) is 58.1 Å². The van der Waals surface area contributed by atoms with Crippen molar-refractivity contribution in [1.82, 2.24) is 5.32 Å². The fourth-order valence-electron chi connectivity index (χ4n) is 2.28. The van der Waals surface area contributed by atoms with E-state index in [1.165, 1.54) is 0 Å². The molecule has 0 aliphatic rings. The Labute approximate surface area is 158 Å². The number of benzene rings is 2. The van der Waals surface area contributed by atoms with Crippen LogP contribution in [0.1, 0.15) is 18.9 Å². The van der Waals surface area contributed by atoms with E-state index in [0.717, 1.165) is 17.7 Å². The van der Waals surface area contributed by atoms with Crippen LogP contribution in [0.15, 0.2) is 42.5 Å². The average molecular weight is 382 g/mol. The maximum Gasteiger partial charge on any atom is 0.261 e. The molecule has 25 heavy (non-hydrogen) atoms. The number of hydrogen-bond donors (Lipinski definition) is 1. The van der Waals surface area contributed by atoms with E-state index < -0.39 is 6.10 Å². The van der Waals surface area contributed by atoms with E-state index in [4.69, 9.17) is 32.7 Å². The fraction of sp³-hybridized carbons (Fsp3) is 0.316. The molecule has 0 heterocycles. The molecule has 0 fully saturated rings. The zero-order valence-corrected chi connectivity index (χ0v) is 15.7. The molecule has 0 radical (unpaired) electrons. The average Bonchev–Trinajstić information content (AvgIpc) is 2.61. The largest absolute Gasteiger partial charge is 0.497 e. The van der Waals surface area contributed by atoms with Crippen LogP contribution in [-0.4, -0.2) is 25.7 Å². The van der Waals surface area contributed by atoms with Crippen molar-refractivity contribution in [2.75, 3.05) is 13.7 Å². The minimum Gasteiger partial charge on any atom is -0.497 e. The molecule has 0 aromatic heterocycles. The Balaban J connectivity index is 1.86. The van der Waals surface area contributed by atoms with Crippen LogP contribution >= 0.6 is 23.2 Å². The molecule has 0 saturated carbocycles.